The van der Waals surface area contributed by atoms with Crippen LogP contribution >= 0.6 is 11.3 Å². The molecule has 104 valence electrons. The lowest BCUT2D eigenvalue weighted by molar-refractivity contribution is -0.139. The van der Waals surface area contributed by atoms with Gasteiger partial charge >= 0.3 is 12.0 Å². The van der Waals surface area contributed by atoms with Crippen LogP contribution in [0, 0.1) is 5.92 Å². The van der Waals surface area contributed by atoms with Gasteiger partial charge in [-0.3, -0.25) is 0 Å². The van der Waals surface area contributed by atoms with Gasteiger partial charge in [-0.05, 0) is 32.6 Å². The molecule has 1 aliphatic rings. The van der Waals surface area contributed by atoms with E-state index in [2.05, 4.69) is 15.6 Å². The van der Waals surface area contributed by atoms with Gasteiger partial charge in [-0.15, -0.1) is 11.3 Å². The van der Waals surface area contributed by atoms with Crippen molar-refractivity contribution in [3.8, 4) is 0 Å². The number of carboxylic acid groups (broad SMARTS) is 1. The van der Waals surface area contributed by atoms with Crippen molar-refractivity contribution in [1.82, 2.24) is 15.6 Å². The normalized spacial score (nSPS) is 16.7. The molecular formula is C12H17N3O3S. The van der Waals surface area contributed by atoms with Crippen molar-refractivity contribution in [2.24, 2.45) is 5.92 Å². The summed E-state index contributed by atoms with van der Waals surface area (Å²) in [6.07, 6.45) is 3.38. The van der Waals surface area contributed by atoms with E-state index in [9.17, 15) is 9.59 Å². The Morgan fingerprint density at radius 1 is 1.53 bits per heavy atom. The molecule has 1 atom stereocenters. The Bertz CT molecular complexity index is 469. The van der Waals surface area contributed by atoms with Gasteiger partial charge in [-0.1, -0.05) is 0 Å². The molecule has 19 heavy (non-hydrogen) atoms. The van der Waals surface area contributed by atoms with Crippen LogP contribution in [-0.2, 0) is 10.3 Å². The highest BCUT2D eigenvalue weighted by molar-refractivity contribution is 7.09. The van der Waals surface area contributed by atoms with E-state index in [1.54, 1.807) is 6.20 Å². The summed E-state index contributed by atoms with van der Waals surface area (Å²) < 4.78 is 0. The lowest BCUT2D eigenvalue weighted by Crippen LogP contribution is -2.52. The van der Waals surface area contributed by atoms with Gasteiger partial charge in [0.25, 0.3) is 0 Å². The van der Waals surface area contributed by atoms with Gasteiger partial charge in [-0.2, -0.15) is 0 Å². The lowest BCUT2D eigenvalue weighted by Gasteiger charge is -2.25. The van der Waals surface area contributed by atoms with E-state index in [1.807, 2.05) is 19.2 Å². The smallest absolute Gasteiger partial charge is 0.326 e. The second-order valence-electron chi connectivity index (χ2n) is 5.21. The van der Waals surface area contributed by atoms with E-state index < -0.39 is 23.6 Å². The standard InChI is InChI=1S/C12H17N3O3S/c1-12(2,10-13-5-6-19-10)15-11(18)14-8(9(16)17)7-3-4-7/h5-8H,3-4H2,1-2H3,(H,16,17)(H2,14,15,18). The molecule has 0 radical (unpaired) electrons. The molecule has 3 N–H and O–H groups in total. The third-order valence-electron chi connectivity index (χ3n) is 3.04. The fraction of sp³-hybridized carbons (Fsp3) is 0.583. The van der Waals surface area contributed by atoms with Crippen LogP contribution in [0.2, 0.25) is 0 Å². The first-order valence-corrected chi connectivity index (χ1v) is 6.99. The van der Waals surface area contributed by atoms with Gasteiger partial charge in [0, 0.05) is 11.6 Å². The summed E-state index contributed by atoms with van der Waals surface area (Å²) in [5.74, 6) is -0.920. The van der Waals surface area contributed by atoms with Crippen LogP contribution in [0.4, 0.5) is 4.79 Å². The average molecular weight is 283 g/mol. The second-order valence-corrected chi connectivity index (χ2v) is 6.11. The predicted molar refractivity (Wildman–Crippen MR) is 71.0 cm³/mol. The van der Waals surface area contributed by atoms with Gasteiger partial charge in [-0.25, -0.2) is 14.6 Å². The van der Waals surface area contributed by atoms with E-state index in [-0.39, 0.29) is 5.92 Å². The van der Waals surface area contributed by atoms with Crippen LogP contribution in [-0.4, -0.2) is 28.1 Å². The topological polar surface area (TPSA) is 91.3 Å². The average Bonchev–Trinajstić information content (AvgIpc) is 2.97. The Kier molecular flexibility index (Phi) is 3.75. The molecule has 1 aliphatic carbocycles. The molecule has 1 aromatic heterocycles. The molecule has 1 fully saturated rings. The fourth-order valence-electron chi connectivity index (χ4n) is 1.86. The monoisotopic (exact) mass is 283 g/mol. The van der Waals surface area contributed by atoms with Gasteiger partial charge in [0.2, 0.25) is 0 Å². The Morgan fingerprint density at radius 2 is 2.21 bits per heavy atom. The second kappa shape index (κ2) is 5.16. The first kappa shape index (κ1) is 13.8. The van der Waals surface area contributed by atoms with Crippen LogP contribution < -0.4 is 10.6 Å². The van der Waals surface area contributed by atoms with Crippen molar-refractivity contribution in [2.75, 3.05) is 0 Å². The van der Waals surface area contributed by atoms with Crippen LogP contribution in [0.25, 0.3) is 0 Å². The van der Waals surface area contributed by atoms with E-state index in [0.29, 0.717) is 0 Å². The van der Waals surface area contributed by atoms with Crippen molar-refractivity contribution < 1.29 is 14.7 Å². The molecule has 0 saturated heterocycles. The SMILES string of the molecule is CC(C)(NC(=O)NC(C(=O)O)C1CC1)c1nccs1. The number of aliphatic carboxylic acids is 1. The van der Waals surface area contributed by atoms with Gasteiger partial charge in [0.1, 0.15) is 11.0 Å². The largest absolute Gasteiger partial charge is 0.480 e. The van der Waals surface area contributed by atoms with E-state index >= 15 is 0 Å². The molecule has 0 aromatic carbocycles. The number of nitrogens with one attached hydrogen (secondary N) is 2. The van der Waals surface area contributed by atoms with Crippen LogP contribution in [0.5, 0.6) is 0 Å². The highest BCUT2D eigenvalue weighted by Gasteiger charge is 2.38. The summed E-state index contributed by atoms with van der Waals surface area (Å²) in [4.78, 5) is 27.1. The molecule has 1 unspecified atom stereocenters. The van der Waals surface area contributed by atoms with Gasteiger partial charge in [0.05, 0.1) is 5.54 Å². The molecule has 0 bridgehead atoms. The van der Waals surface area contributed by atoms with Crippen LogP contribution in [0.1, 0.15) is 31.7 Å². The van der Waals surface area contributed by atoms with Gasteiger partial charge in [0.15, 0.2) is 0 Å². The Labute approximate surface area is 115 Å². The Hall–Kier alpha value is -1.63. The predicted octanol–water partition coefficient (Wildman–Crippen LogP) is 1.54. The summed E-state index contributed by atoms with van der Waals surface area (Å²) in [5, 5.41) is 17.0. The summed E-state index contributed by atoms with van der Waals surface area (Å²) in [7, 11) is 0. The maximum absolute atomic E-state index is 11.9. The number of carboxylic acids is 1. The number of urea groups is 1. The number of rotatable bonds is 5. The van der Waals surface area contributed by atoms with Gasteiger partial charge < -0.3 is 15.7 Å². The molecule has 7 heteroatoms. The minimum absolute atomic E-state index is 0.0613. The molecule has 1 heterocycles. The first-order chi connectivity index (χ1) is 8.90. The van der Waals surface area contributed by atoms with Crippen LogP contribution in [0.15, 0.2) is 11.6 Å². The molecule has 2 rings (SSSR count). The van der Waals surface area contributed by atoms with Crippen molar-refractivity contribution in [3.63, 3.8) is 0 Å². The number of amides is 2. The highest BCUT2D eigenvalue weighted by Crippen LogP contribution is 2.32. The minimum atomic E-state index is -0.982. The molecule has 0 spiro atoms. The van der Waals surface area contributed by atoms with E-state index in [1.165, 1.54) is 11.3 Å². The zero-order chi connectivity index (χ0) is 14.0. The number of hydrogen-bond acceptors (Lipinski definition) is 4. The number of aromatic nitrogens is 1. The highest BCUT2D eigenvalue weighted by atomic mass is 32.1. The minimum Gasteiger partial charge on any atom is -0.480 e. The summed E-state index contributed by atoms with van der Waals surface area (Å²) in [5.41, 5.74) is -0.620. The maximum atomic E-state index is 11.9. The molecule has 1 aromatic rings. The Morgan fingerprint density at radius 3 is 2.68 bits per heavy atom. The zero-order valence-corrected chi connectivity index (χ0v) is 11.7. The fourth-order valence-corrected chi connectivity index (χ4v) is 2.58. The summed E-state index contributed by atoms with van der Waals surface area (Å²) in [6.45, 7) is 3.66. The number of thiazole rings is 1. The number of carbonyl (C=O) groups is 2. The van der Waals surface area contributed by atoms with E-state index in [4.69, 9.17) is 5.11 Å². The van der Waals surface area contributed by atoms with Crippen molar-refractivity contribution in [3.05, 3.63) is 16.6 Å². The number of nitrogens with zero attached hydrogens (tertiary/aromatic N) is 1. The Balaban J connectivity index is 1.95. The third kappa shape index (κ3) is 3.44. The molecule has 1 saturated carbocycles. The number of hydrogen-bond donors (Lipinski definition) is 3. The maximum Gasteiger partial charge on any atom is 0.326 e. The number of carbonyl (C=O) groups excluding carboxylic acids is 1. The van der Waals surface area contributed by atoms with Crippen molar-refractivity contribution in [2.45, 2.75) is 38.3 Å². The summed E-state index contributed by atoms with van der Waals surface area (Å²) >= 11 is 1.45. The molecule has 6 nitrogen and oxygen atoms in total. The summed E-state index contributed by atoms with van der Waals surface area (Å²) in [6, 6.07) is -1.27. The molecular weight excluding hydrogens is 266 g/mol. The van der Waals surface area contributed by atoms with Crippen LogP contribution in [0.3, 0.4) is 0 Å². The lowest BCUT2D eigenvalue weighted by atomic mass is 10.1. The van der Waals surface area contributed by atoms with Crippen molar-refractivity contribution >= 4 is 23.3 Å². The zero-order valence-electron chi connectivity index (χ0n) is 10.8. The molecule has 0 aliphatic heterocycles. The first-order valence-electron chi connectivity index (χ1n) is 6.11. The van der Waals surface area contributed by atoms with E-state index in [0.717, 1.165) is 17.8 Å². The third-order valence-corrected chi connectivity index (χ3v) is 4.14. The van der Waals surface area contributed by atoms with Crippen molar-refractivity contribution in [1.29, 1.82) is 0 Å². The quantitative estimate of drug-likeness (QED) is 0.764. The molecule has 2 amide bonds.